The van der Waals surface area contributed by atoms with E-state index in [4.69, 9.17) is 13.9 Å². The number of methoxy groups -OCH3 is 2. The van der Waals surface area contributed by atoms with Crippen molar-refractivity contribution in [3.8, 4) is 22.8 Å². The van der Waals surface area contributed by atoms with E-state index in [1.54, 1.807) is 20.5 Å². The number of benzene rings is 1. The first-order valence-electron chi connectivity index (χ1n) is 4.46. The van der Waals surface area contributed by atoms with E-state index >= 15 is 0 Å². The summed E-state index contributed by atoms with van der Waals surface area (Å²) in [6.45, 7) is 0. The quantitative estimate of drug-likeness (QED) is 0.771. The minimum absolute atomic E-state index is 0.661. The third-order valence-electron chi connectivity index (χ3n) is 2.11. The molecule has 4 nitrogen and oxygen atoms in total. The highest BCUT2D eigenvalue weighted by Gasteiger charge is 2.12. The maximum absolute atomic E-state index is 5.28. The second kappa shape index (κ2) is 4.04. The summed E-state index contributed by atoms with van der Waals surface area (Å²) in [6, 6.07) is 5.62. The molecule has 78 valence electrons. The summed E-state index contributed by atoms with van der Waals surface area (Å²) in [5, 5.41) is 0. The summed E-state index contributed by atoms with van der Waals surface area (Å²) < 4.78 is 15.4. The Morgan fingerprint density at radius 1 is 1.20 bits per heavy atom. The topological polar surface area (TPSA) is 44.5 Å². The van der Waals surface area contributed by atoms with Crippen LogP contribution in [-0.4, -0.2) is 19.2 Å². The van der Waals surface area contributed by atoms with E-state index in [2.05, 4.69) is 4.98 Å². The second-order valence-corrected chi connectivity index (χ2v) is 2.91. The van der Waals surface area contributed by atoms with Crippen LogP contribution in [0.25, 0.3) is 11.3 Å². The van der Waals surface area contributed by atoms with Gasteiger partial charge < -0.3 is 13.9 Å². The van der Waals surface area contributed by atoms with Gasteiger partial charge in [0.05, 0.1) is 14.2 Å². The largest absolute Gasteiger partial charge is 0.493 e. The van der Waals surface area contributed by atoms with Crippen LogP contribution in [0.15, 0.2) is 35.3 Å². The zero-order valence-electron chi connectivity index (χ0n) is 8.56. The fraction of sp³-hybridized carbons (Fsp3) is 0.182. The molecule has 0 aliphatic carbocycles. The third kappa shape index (κ3) is 1.66. The van der Waals surface area contributed by atoms with E-state index in [-0.39, 0.29) is 0 Å². The standard InChI is InChI=1S/C11H11NO3/c1-13-10-5-3-4-8(11(10)14-2)9-6-15-7-12-9/h3-7H,1-2H3. The summed E-state index contributed by atoms with van der Waals surface area (Å²) in [7, 11) is 3.20. The van der Waals surface area contributed by atoms with Crippen molar-refractivity contribution in [1.82, 2.24) is 4.98 Å². The highest BCUT2D eigenvalue weighted by molar-refractivity contribution is 5.70. The lowest BCUT2D eigenvalue weighted by Gasteiger charge is -2.10. The Hall–Kier alpha value is -1.97. The van der Waals surface area contributed by atoms with E-state index < -0.39 is 0 Å². The number of rotatable bonds is 3. The number of hydrogen-bond donors (Lipinski definition) is 0. The molecule has 0 bridgehead atoms. The fourth-order valence-electron chi connectivity index (χ4n) is 1.43. The number of para-hydroxylation sites is 1. The molecule has 0 N–H and O–H groups in total. The summed E-state index contributed by atoms with van der Waals surface area (Å²) in [4.78, 5) is 4.07. The molecule has 15 heavy (non-hydrogen) atoms. The van der Waals surface area contributed by atoms with Gasteiger partial charge in [-0.15, -0.1) is 0 Å². The van der Waals surface area contributed by atoms with Crippen LogP contribution >= 0.6 is 0 Å². The number of ether oxygens (including phenoxy) is 2. The molecule has 1 aromatic carbocycles. The Labute approximate surface area is 87.5 Å². The summed E-state index contributed by atoms with van der Waals surface area (Å²) >= 11 is 0. The SMILES string of the molecule is COc1cccc(-c2cocn2)c1OC. The molecule has 1 aromatic heterocycles. The molecular formula is C11H11NO3. The first-order chi connectivity index (χ1) is 7.36. The van der Waals surface area contributed by atoms with Gasteiger partial charge in [-0.25, -0.2) is 4.98 Å². The fourth-order valence-corrected chi connectivity index (χ4v) is 1.43. The van der Waals surface area contributed by atoms with Gasteiger partial charge in [0, 0.05) is 5.56 Å². The minimum atomic E-state index is 0.661. The minimum Gasteiger partial charge on any atom is -0.493 e. The molecule has 0 spiro atoms. The molecule has 0 saturated carbocycles. The average molecular weight is 205 g/mol. The van der Waals surface area contributed by atoms with Crippen molar-refractivity contribution in [2.24, 2.45) is 0 Å². The Morgan fingerprint density at radius 2 is 2.07 bits per heavy atom. The molecule has 0 fully saturated rings. The second-order valence-electron chi connectivity index (χ2n) is 2.91. The first kappa shape index (κ1) is 9.58. The Balaban J connectivity index is 2.56. The van der Waals surface area contributed by atoms with Gasteiger partial charge in [-0.2, -0.15) is 0 Å². The van der Waals surface area contributed by atoms with Gasteiger partial charge in [-0.05, 0) is 12.1 Å². The van der Waals surface area contributed by atoms with Gasteiger partial charge in [0.15, 0.2) is 17.9 Å². The molecule has 0 aliphatic heterocycles. The van der Waals surface area contributed by atoms with Gasteiger partial charge in [-0.3, -0.25) is 0 Å². The molecule has 2 aromatic rings. The maximum Gasteiger partial charge on any atom is 0.181 e. The Bertz CT molecular complexity index is 437. The van der Waals surface area contributed by atoms with Crippen LogP contribution in [0.2, 0.25) is 0 Å². The van der Waals surface area contributed by atoms with Crippen LogP contribution in [0.5, 0.6) is 11.5 Å². The lowest BCUT2D eigenvalue weighted by molar-refractivity contribution is 0.356. The Morgan fingerprint density at radius 3 is 2.67 bits per heavy atom. The predicted molar refractivity (Wildman–Crippen MR) is 55.0 cm³/mol. The molecule has 0 saturated heterocycles. The number of hydrogen-bond acceptors (Lipinski definition) is 4. The predicted octanol–water partition coefficient (Wildman–Crippen LogP) is 2.36. The van der Waals surface area contributed by atoms with E-state index in [0.717, 1.165) is 11.3 Å². The molecule has 0 aliphatic rings. The highest BCUT2D eigenvalue weighted by Crippen LogP contribution is 2.36. The molecule has 0 radical (unpaired) electrons. The normalized spacial score (nSPS) is 10.0. The number of aromatic nitrogens is 1. The Kier molecular flexibility index (Phi) is 2.58. The highest BCUT2D eigenvalue weighted by atomic mass is 16.5. The van der Waals surface area contributed by atoms with Crippen LogP contribution in [0.4, 0.5) is 0 Å². The monoisotopic (exact) mass is 205 g/mol. The van der Waals surface area contributed by atoms with Crippen molar-refractivity contribution >= 4 is 0 Å². The molecular weight excluding hydrogens is 194 g/mol. The number of nitrogens with zero attached hydrogens (tertiary/aromatic N) is 1. The van der Waals surface area contributed by atoms with Crippen molar-refractivity contribution in [2.75, 3.05) is 14.2 Å². The van der Waals surface area contributed by atoms with Crippen molar-refractivity contribution < 1.29 is 13.9 Å². The zero-order valence-corrected chi connectivity index (χ0v) is 8.56. The van der Waals surface area contributed by atoms with Crippen molar-refractivity contribution in [3.63, 3.8) is 0 Å². The van der Waals surface area contributed by atoms with E-state index in [9.17, 15) is 0 Å². The first-order valence-corrected chi connectivity index (χ1v) is 4.46. The summed E-state index contributed by atoms with van der Waals surface area (Å²) in [6.07, 6.45) is 2.95. The van der Waals surface area contributed by atoms with Crippen molar-refractivity contribution in [2.45, 2.75) is 0 Å². The van der Waals surface area contributed by atoms with Gasteiger partial charge in [0.2, 0.25) is 0 Å². The maximum atomic E-state index is 5.28. The summed E-state index contributed by atoms with van der Waals surface area (Å²) in [5.41, 5.74) is 1.58. The van der Waals surface area contributed by atoms with E-state index in [0.29, 0.717) is 11.5 Å². The van der Waals surface area contributed by atoms with Crippen LogP contribution in [-0.2, 0) is 0 Å². The average Bonchev–Trinajstić information content (AvgIpc) is 2.81. The summed E-state index contributed by atoms with van der Waals surface area (Å²) in [5.74, 6) is 1.34. The van der Waals surface area contributed by atoms with Gasteiger partial charge in [-0.1, -0.05) is 6.07 Å². The molecule has 1 heterocycles. The smallest absolute Gasteiger partial charge is 0.181 e. The third-order valence-corrected chi connectivity index (χ3v) is 2.11. The van der Waals surface area contributed by atoms with Gasteiger partial charge in [0.25, 0.3) is 0 Å². The molecule has 2 rings (SSSR count). The van der Waals surface area contributed by atoms with Gasteiger partial charge >= 0.3 is 0 Å². The van der Waals surface area contributed by atoms with Crippen molar-refractivity contribution in [1.29, 1.82) is 0 Å². The lowest BCUT2D eigenvalue weighted by atomic mass is 10.1. The molecule has 0 atom stereocenters. The molecule has 0 unspecified atom stereocenters. The van der Waals surface area contributed by atoms with Crippen molar-refractivity contribution in [3.05, 3.63) is 30.9 Å². The van der Waals surface area contributed by atoms with Crippen LogP contribution in [0.1, 0.15) is 0 Å². The number of oxazole rings is 1. The van der Waals surface area contributed by atoms with Crippen LogP contribution in [0, 0.1) is 0 Å². The molecule has 0 amide bonds. The van der Waals surface area contributed by atoms with E-state index in [1.807, 2.05) is 18.2 Å². The van der Waals surface area contributed by atoms with E-state index in [1.165, 1.54) is 6.39 Å². The molecule has 4 heteroatoms. The van der Waals surface area contributed by atoms with Crippen LogP contribution in [0.3, 0.4) is 0 Å². The zero-order chi connectivity index (χ0) is 10.7. The van der Waals surface area contributed by atoms with Gasteiger partial charge in [0.1, 0.15) is 12.0 Å². The van der Waals surface area contributed by atoms with Crippen LogP contribution < -0.4 is 9.47 Å². The lowest BCUT2D eigenvalue weighted by Crippen LogP contribution is -1.92.